The van der Waals surface area contributed by atoms with Crippen LogP contribution >= 0.6 is 0 Å². The number of nitrogens with one attached hydrogen (secondary N) is 1. The minimum atomic E-state index is -0.926. The van der Waals surface area contributed by atoms with Gasteiger partial charge in [0, 0.05) is 5.69 Å². The Morgan fingerprint density at radius 1 is 1.08 bits per heavy atom. The normalized spacial score (nSPS) is 12.9. The van der Waals surface area contributed by atoms with E-state index in [1.54, 1.807) is 31.2 Å². The average Bonchev–Trinajstić information content (AvgIpc) is 2.67. The number of benzene rings is 2. The number of carbonyl (C=O) groups is 2. The van der Waals surface area contributed by atoms with Gasteiger partial charge in [0.25, 0.3) is 5.91 Å². The van der Waals surface area contributed by atoms with Gasteiger partial charge < -0.3 is 15.2 Å². The molecule has 0 bridgehead atoms. The number of carbonyl (C=O) groups excluding carboxylic acids is 2. The monoisotopic (exact) mass is 355 g/mol. The Bertz CT molecular complexity index is 755. The molecule has 0 heterocycles. The number of hydrogen-bond acceptors (Lipinski definition) is 4. The van der Waals surface area contributed by atoms with Crippen LogP contribution in [0.4, 0.5) is 5.69 Å². The molecule has 0 aliphatic carbocycles. The molecule has 0 radical (unpaired) electrons. The molecule has 26 heavy (non-hydrogen) atoms. The summed E-state index contributed by atoms with van der Waals surface area (Å²) in [5.74, 6) is -0.636. The zero-order chi connectivity index (χ0) is 19.1. The van der Waals surface area contributed by atoms with Gasteiger partial charge in [-0.15, -0.1) is 0 Å². The van der Waals surface area contributed by atoms with Crippen LogP contribution in [0.5, 0.6) is 0 Å². The summed E-state index contributed by atoms with van der Waals surface area (Å²) in [6.45, 7) is 5.64. The summed E-state index contributed by atoms with van der Waals surface area (Å²) in [4.78, 5) is 24.6. The lowest BCUT2D eigenvalue weighted by molar-refractivity contribution is -0.123. The molecule has 2 aromatic carbocycles. The molecular weight excluding hydrogens is 330 g/mol. The predicted octanol–water partition coefficient (Wildman–Crippen LogP) is 3.88. The van der Waals surface area contributed by atoms with E-state index in [9.17, 15) is 9.59 Å². The Morgan fingerprint density at radius 3 is 2.35 bits per heavy atom. The van der Waals surface area contributed by atoms with E-state index in [0.29, 0.717) is 17.0 Å². The maximum absolute atomic E-state index is 12.4. The van der Waals surface area contributed by atoms with Crippen LogP contribution in [0, 0.1) is 0 Å². The molecule has 0 aliphatic heterocycles. The van der Waals surface area contributed by atoms with Crippen molar-refractivity contribution in [3.05, 3.63) is 65.2 Å². The quantitative estimate of drug-likeness (QED) is 0.739. The van der Waals surface area contributed by atoms with E-state index in [2.05, 4.69) is 19.2 Å². The van der Waals surface area contributed by atoms with Crippen LogP contribution < -0.4 is 5.32 Å². The van der Waals surface area contributed by atoms with Crippen molar-refractivity contribution in [2.45, 2.75) is 45.8 Å². The highest BCUT2D eigenvalue weighted by Crippen LogP contribution is 2.26. The number of esters is 1. The maximum atomic E-state index is 12.4. The number of para-hydroxylation sites is 1. The fourth-order valence-corrected chi connectivity index (χ4v) is 2.52. The molecule has 0 saturated carbocycles. The molecule has 138 valence electrons. The highest BCUT2D eigenvalue weighted by atomic mass is 16.5. The van der Waals surface area contributed by atoms with Crippen molar-refractivity contribution in [1.82, 2.24) is 0 Å². The van der Waals surface area contributed by atoms with Gasteiger partial charge in [0.1, 0.15) is 0 Å². The van der Waals surface area contributed by atoms with Crippen molar-refractivity contribution < 1.29 is 19.4 Å². The fraction of sp³-hybridized carbons (Fsp3) is 0.333. The highest BCUT2D eigenvalue weighted by Gasteiger charge is 2.20. The predicted molar refractivity (Wildman–Crippen MR) is 101 cm³/mol. The Morgan fingerprint density at radius 2 is 1.73 bits per heavy atom. The molecule has 2 atom stereocenters. The van der Waals surface area contributed by atoms with Gasteiger partial charge in [0.2, 0.25) is 0 Å². The molecule has 0 saturated heterocycles. The first-order valence-electron chi connectivity index (χ1n) is 8.76. The SMILES string of the molecule is CC[C@H](C)c1ccccc1NC(=O)[C@@H](C)OC(=O)c1ccc(CO)cc1. The Balaban J connectivity index is 2.02. The molecule has 1 amide bonds. The van der Waals surface area contributed by atoms with Crippen LogP contribution in [-0.4, -0.2) is 23.1 Å². The van der Waals surface area contributed by atoms with Gasteiger partial charge in [-0.2, -0.15) is 0 Å². The van der Waals surface area contributed by atoms with Crippen molar-refractivity contribution >= 4 is 17.6 Å². The fourth-order valence-electron chi connectivity index (χ4n) is 2.52. The zero-order valence-corrected chi connectivity index (χ0v) is 15.4. The van der Waals surface area contributed by atoms with E-state index < -0.39 is 12.1 Å². The summed E-state index contributed by atoms with van der Waals surface area (Å²) in [5.41, 5.74) is 2.83. The third kappa shape index (κ3) is 4.92. The van der Waals surface area contributed by atoms with E-state index in [1.165, 1.54) is 0 Å². The van der Waals surface area contributed by atoms with E-state index in [0.717, 1.165) is 17.7 Å². The van der Waals surface area contributed by atoms with Gasteiger partial charge in [-0.1, -0.05) is 44.2 Å². The molecular formula is C21H25NO4. The zero-order valence-electron chi connectivity index (χ0n) is 15.4. The van der Waals surface area contributed by atoms with Crippen LogP contribution in [0.15, 0.2) is 48.5 Å². The molecule has 5 heteroatoms. The number of aliphatic hydroxyl groups is 1. The third-order valence-corrected chi connectivity index (χ3v) is 4.39. The minimum Gasteiger partial charge on any atom is -0.449 e. The minimum absolute atomic E-state index is 0.0935. The lowest BCUT2D eigenvalue weighted by atomic mass is 9.97. The molecule has 0 unspecified atom stereocenters. The van der Waals surface area contributed by atoms with Crippen molar-refractivity contribution in [3.8, 4) is 0 Å². The maximum Gasteiger partial charge on any atom is 0.338 e. The van der Waals surface area contributed by atoms with Crippen molar-refractivity contribution in [3.63, 3.8) is 0 Å². The van der Waals surface area contributed by atoms with Crippen LogP contribution in [0.25, 0.3) is 0 Å². The summed E-state index contributed by atoms with van der Waals surface area (Å²) in [5, 5.41) is 11.9. The summed E-state index contributed by atoms with van der Waals surface area (Å²) < 4.78 is 5.26. The first-order chi connectivity index (χ1) is 12.5. The first kappa shape index (κ1) is 19.7. The van der Waals surface area contributed by atoms with Crippen molar-refractivity contribution in [2.24, 2.45) is 0 Å². The standard InChI is InChI=1S/C21H25NO4/c1-4-14(2)18-7-5-6-8-19(18)22-20(24)15(3)26-21(25)17-11-9-16(13-23)10-12-17/h5-12,14-15,23H,4,13H2,1-3H3,(H,22,24)/t14-,15+/m0/s1. The third-order valence-electron chi connectivity index (χ3n) is 4.39. The Labute approximate surface area is 154 Å². The van der Waals surface area contributed by atoms with Crippen LogP contribution in [0.2, 0.25) is 0 Å². The molecule has 0 fully saturated rings. The molecule has 5 nitrogen and oxygen atoms in total. The molecule has 2 aromatic rings. The number of ether oxygens (including phenoxy) is 1. The summed E-state index contributed by atoms with van der Waals surface area (Å²) in [6, 6.07) is 14.1. The van der Waals surface area contributed by atoms with Crippen LogP contribution in [-0.2, 0) is 16.1 Å². The van der Waals surface area contributed by atoms with E-state index in [1.807, 2.05) is 24.3 Å². The number of aliphatic hydroxyl groups excluding tert-OH is 1. The van der Waals surface area contributed by atoms with Crippen molar-refractivity contribution in [1.29, 1.82) is 0 Å². The number of hydrogen-bond donors (Lipinski definition) is 2. The first-order valence-corrected chi connectivity index (χ1v) is 8.76. The van der Waals surface area contributed by atoms with Gasteiger partial charge in [-0.3, -0.25) is 4.79 Å². The average molecular weight is 355 g/mol. The van der Waals surface area contributed by atoms with Gasteiger partial charge in [-0.25, -0.2) is 4.79 Å². The molecule has 0 aliphatic rings. The second kappa shape index (κ2) is 9.15. The number of amides is 1. The van der Waals surface area contributed by atoms with Gasteiger partial charge in [-0.05, 0) is 48.6 Å². The van der Waals surface area contributed by atoms with E-state index in [4.69, 9.17) is 9.84 Å². The summed E-state index contributed by atoms with van der Waals surface area (Å²) in [7, 11) is 0. The van der Waals surface area contributed by atoms with Crippen LogP contribution in [0.1, 0.15) is 54.6 Å². The topological polar surface area (TPSA) is 75.6 Å². The van der Waals surface area contributed by atoms with Gasteiger partial charge in [0.05, 0.1) is 12.2 Å². The Hall–Kier alpha value is -2.66. The number of anilines is 1. The Kier molecular flexibility index (Phi) is 6.92. The molecule has 2 N–H and O–H groups in total. The lowest BCUT2D eigenvalue weighted by Gasteiger charge is -2.18. The highest BCUT2D eigenvalue weighted by molar-refractivity contribution is 5.97. The summed E-state index contributed by atoms with van der Waals surface area (Å²) >= 11 is 0. The molecule has 0 spiro atoms. The van der Waals surface area contributed by atoms with Gasteiger partial charge in [0.15, 0.2) is 6.10 Å². The number of rotatable bonds is 7. The van der Waals surface area contributed by atoms with E-state index in [-0.39, 0.29) is 12.5 Å². The van der Waals surface area contributed by atoms with Crippen LogP contribution in [0.3, 0.4) is 0 Å². The second-order valence-corrected chi connectivity index (χ2v) is 6.29. The molecule has 0 aromatic heterocycles. The summed E-state index contributed by atoms with van der Waals surface area (Å²) in [6.07, 6.45) is 0.0337. The second-order valence-electron chi connectivity index (χ2n) is 6.29. The van der Waals surface area contributed by atoms with Gasteiger partial charge >= 0.3 is 5.97 Å². The largest absolute Gasteiger partial charge is 0.449 e. The van der Waals surface area contributed by atoms with Crippen molar-refractivity contribution in [2.75, 3.05) is 5.32 Å². The molecule has 2 rings (SSSR count). The van der Waals surface area contributed by atoms with E-state index >= 15 is 0 Å². The lowest BCUT2D eigenvalue weighted by Crippen LogP contribution is -2.30. The smallest absolute Gasteiger partial charge is 0.338 e.